The molecule has 0 aromatic heterocycles. The summed E-state index contributed by atoms with van der Waals surface area (Å²) >= 11 is 0. The summed E-state index contributed by atoms with van der Waals surface area (Å²) in [6.45, 7) is 5.12. The lowest BCUT2D eigenvalue weighted by Gasteiger charge is -2.18. The molecule has 2 heterocycles. The fourth-order valence-electron chi connectivity index (χ4n) is 3.36. The lowest BCUT2D eigenvalue weighted by molar-refractivity contribution is -0.115. The Labute approximate surface area is 170 Å². The number of nitrogens with zero attached hydrogens (tertiary/aromatic N) is 2. The van der Waals surface area contributed by atoms with Crippen LogP contribution in [0.1, 0.15) is 24.5 Å². The summed E-state index contributed by atoms with van der Waals surface area (Å²) in [5.41, 5.74) is 3.80. The van der Waals surface area contributed by atoms with E-state index in [9.17, 15) is 4.79 Å². The number of ketones is 1. The molecule has 2 aliphatic heterocycles. The summed E-state index contributed by atoms with van der Waals surface area (Å²) in [7, 11) is 0. The van der Waals surface area contributed by atoms with Gasteiger partial charge >= 0.3 is 0 Å². The summed E-state index contributed by atoms with van der Waals surface area (Å²) < 4.78 is 5.46. The van der Waals surface area contributed by atoms with Gasteiger partial charge in [0.2, 0.25) is 0 Å². The van der Waals surface area contributed by atoms with E-state index in [4.69, 9.17) is 4.74 Å². The Morgan fingerprint density at radius 1 is 1.21 bits per heavy atom. The summed E-state index contributed by atoms with van der Waals surface area (Å²) in [6, 6.07) is 15.3. The molecule has 1 unspecified atom stereocenters. The van der Waals surface area contributed by atoms with Crippen molar-refractivity contribution in [2.24, 2.45) is 9.98 Å². The maximum atomic E-state index is 12.7. The fraction of sp³-hybridized carbons (Fsp3) is 0.261. The van der Waals surface area contributed by atoms with Crippen LogP contribution in [0.15, 0.2) is 70.3 Å². The first kappa shape index (κ1) is 18.9. The Kier molecular flexibility index (Phi) is 5.42. The Hall–Kier alpha value is -3.41. The predicted octanol–water partition coefficient (Wildman–Crippen LogP) is 3.48. The van der Waals surface area contributed by atoms with Crippen LogP contribution in [0.2, 0.25) is 0 Å². The second-order valence-electron chi connectivity index (χ2n) is 7.11. The highest BCUT2D eigenvalue weighted by Crippen LogP contribution is 2.19. The molecule has 0 saturated heterocycles. The standard InChI is InChI=1S/C23H24N4O2/c1-3-29-19-9-7-17(8-10-19)24-14-18-12-21(28)20-13-22(25-18)27-23(26-20)16-6-4-5-15(2)11-16/h4-12,20,24H,3,13-14H2,1-2H3,(H,25,26,27). The molecule has 2 aromatic carbocycles. The third-order valence-electron chi connectivity index (χ3n) is 4.78. The number of carbonyl (C=O) groups is 1. The summed E-state index contributed by atoms with van der Waals surface area (Å²) in [5.74, 6) is 2.21. The topological polar surface area (TPSA) is 75.1 Å². The number of carbonyl (C=O) groups excluding carboxylic acids is 1. The van der Waals surface area contributed by atoms with Crippen molar-refractivity contribution in [1.29, 1.82) is 0 Å². The normalized spacial score (nSPS) is 18.1. The second-order valence-corrected chi connectivity index (χ2v) is 7.11. The average Bonchev–Trinajstić information content (AvgIpc) is 2.83. The van der Waals surface area contributed by atoms with Gasteiger partial charge in [0.1, 0.15) is 17.6 Å². The number of anilines is 1. The molecule has 6 heteroatoms. The molecule has 0 amide bonds. The first-order valence-electron chi connectivity index (χ1n) is 9.81. The van der Waals surface area contributed by atoms with E-state index in [-0.39, 0.29) is 5.78 Å². The maximum absolute atomic E-state index is 12.7. The van der Waals surface area contributed by atoms with Gasteiger partial charge in [-0.05, 0) is 44.2 Å². The Bertz CT molecular complexity index is 1010. The van der Waals surface area contributed by atoms with Crippen molar-refractivity contribution in [3.63, 3.8) is 0 Å². The summed E-state index contributed by atoms with van der Waals surface area (Å²) in [4.78, 5) is 21.9. The largest absolute Gasteiger partial charge is 0.494 e. The number of amidine groups is 2. The molecule has 0 spiro atoms. The molecule has 148 valence electrons. The molecule has 2 aromatic rings. The van der Waals surface area contributed by atoms with Crippen LogP contribution >= 0.6 is 0 Å². The highest BCUT2D eigenvalue weighted by Gasteiger charge is 2.27. The zero-order chi connectivity index (χ0) is 20.2. The van der Waals surface area contributed by atoms with Crippen LogP contribution in [0.4, 0.5) is 5.69 Å². The molecule has 2 bridgehead atoms. The van der Waals surface area contributed by atoms with Gasteiger partial charge in [-0.1, -0.05) is 23.8 Å². The monoisotopic (exact) mass is 388 g/mol. The third-order valence-corrected chi connectivity index (χ3v) is 4.78. The zero-order valence-electron chi connectivity index (χ0n) is 16.6. The van der Waals surface area contributed by atoms with Gasteiger partial charge in [0.25, 0.3) is 0 Å². The van der Waals surface area contributed by atoms with Crippen molar-refractivity contribution in [3.05, 3.63) is 71.4 Å². The highest BCUT2D eigenvalue weighted by molar-refractivity contribution is 6.13. The molecule has 4 rings (SSSR count). The zero-order valence-corrected chi connectivity index (χ0v) is 16.6. The van der Waals surface area contributed by atoms with Crippen LogP contribution in [0.5, 0.6) is 5.75 Å². The molecular formula is C23H24N4O2. The molecule has 0 radical (unpaired) electrons. The fourth-order valence-corrected chi connectivity index (χ4v) is 3.36. The number of hydrogen-bond acceptors (Lipinski definition) is 6. The van der Waals surface area contributed by atoms with Gasteiger partial charge in [0.15, 0.2) is 11.6 Å². The van der Waals surface area contributed by atoms with Gasteiger partial charge in [0, 0.05) is 29.4 Å². The molecule has 29 heavy (non-hydrogen) atoms. The number of benzene rings is 2. The Morgan fingerprint density at radius 3 is 2.79 bits per heavy atom. The Balaban J connectivity index is 1.47. The number of aryl methyl sites for hydroxylation is 1. The van der Waals surface area contributed by atoms with Crippen molar-refractivity contribution in [1.82, 2.24) is 5.32 Å². The second kappa shape index (κ2) is 8.31. The van der Waals surface area contributed by atoms with E-state index < -0.39 is 6.04 Å². The van der Waals surface area contributed by atoms with E-state index >= 15 is 0 Å². The number of hydrogen-bond donors (Lipinski definition) is 2. The van der Waals surface area contributed by atoms with E-state index in [0.29, 0.717) is 25.4 Å². The molecule has 0 aliphatic carbocycles. The predicted molar refractivity (Wildman–Crippen MR) is 116 cm³/mol. The molecule has 0 saturated carbocycles. The van der Waals surface area contributed by atoms with Gasteiger partial charge in [-0.2, -0.15) is 0 Å². The molecule has 0 fully saturated rings. The number of ether oxygens (including phenoxy) is 1. The van der Waals surface area contributed by atoms with Crippen LogP contribution in [-0.4, -0.2) is 36.6 Å². The van der Waals surface area contributed by atoms with Gasteiger partial charge < -0.3 is 15.4 Å². The first-order valence-corrected chi connectivity index (χ1v) is 9.81. The van der Waals surface area contributed by atoms with Gasteiger partial charge in [-0.15, -0.1) is 0 Å². The van der Waals surface area contributed by atoms with Crippen LogP contribution < -0.4 is 15.4 Å². The van der Waals surface area contributed by atoms with Crippen LogP contribution in [-0.2, 0) is 4.79 Å². The molecular weight excluding hydrogens is 364 g/mol. The van der Waals surface area contributed by atoms with Gasteiger partial charge in [-0.25, -0.2) is 4.99 Å². The minimum Gasteiger partial charge on any atom is -0.494 e. The maximum Gasteiger partial charge on any atom is 0.182 e. The number of rotatable bonds is 6. The number of fused-ring (bicyclic) bond motifs is 2. The van der Waals surface area contributed by atoms with E-state index in [1.54, 1.807) is 6.08 Å². The van der Waals surface area contributed by atoms with Crippen molar-refractivity contribution in [2.75, 3.05) is 18.5 Å². The van der Waals surface area contributed by atoms with E-state index in [0.717, 1.165) is 34.1 Å². The van der Waals surface area contributed by atoms with Crippen molar-refractivity contribution in [3.8, 4) is 5.75 Å². The highest BCUT2D eigenvalue weighted by atomic mass is 16.5. The molecule has 2 aliphatic rings. The van der Waals surface area contributed by atoms with E-state index in [2.05, 4.69) is 20.6 Å². The van der Waals surface area contributed by atoms with Crippen LogP contribution in [0, 0.1) is 6.92 Å². The third kappa shape index (κ3) is 4.54. The lowest BCUT2D eigenvalue weighted by Crippen LogP contribution is -2.32. The smallest absolute Gasteiger partial charge is 0.182 e. The lowest BCUT2D eigenvalue weighted by atomic mass is 10.1. The van der Waals surface area contributed by atoms with Gasteiger partial charge in [0.05, 0.1) is 13.2 Å². The van der Waals surface area contributed by atoms with Crippen LogP contribution in [0.25, 0.3) is 0 Å². The van der Waals surface area contributed by atoms with Crippen molar-refractivity contribution >= 4 is 23.1 Å². The summed E-state index contributed by atoms with van der Waals surface area (Å²) in [5, 5.41) is 6.65. The van der Waals surface area contributed by atoms with Crippen molar-refractivity contribution < 1.29 is 9.53 Å². The summed E-state index contributed by atoms with van der Waals surface area (Å²) in [6.07, 6.45) is 2.13. The minimum atomic E-state index is -0.423. The van der Waals surface area contributed by atoms with Crippen LogP contribution in [0.3, 0.4) is 0 Å². The Morgan fingerprint density at radius 2 is 2.03 bits per heavy atom. The van der Waals surface area contributed by atoms with E-state index in [1.807, 2.05) is 62.4 Å². The molecule has 1 atom stereocenters. The quantitative estimate of drug-likeness (QED) is 0.794. The van der Waals surface area contributed by atoms with E-state index in [1.165, 1.54) is 0 Å². The number of nitrogens with one attached hydrogen (secondary N) is 2. The number of aliphatic imine (C=N–C) groups is 2. The minimum absolute atomic E-state index is 0.00366. The average molecular weight is 388 g/mol. The SMILES string of the molecule is CCOc1ccc(NCC2=CC(=O)C3CC(=NC(c4cccc(C)c4)=N3)N2)cc1. The molecule has 2 N–H and O–H groups in total. The first-order chi connectivity index (χ1) is 14.1. The molecule has 6 nitrogen and oxygen atoms in total. The van der Waals surface area contributed by atoms with Gasteiger partial charge in [-0.3, -0.25) is 9.79 Å². The van der Waals surface area contributed by atoms with Crippen molar-refractivity contribution in [2.45, 2.75) is 26.3 Å².